The Labute approximate surface area is 149 Å². The van der Waals surface area contributed by atoms with E-state index in [4.69, 9.17) is 9.47 Å². The first-order chi connectivity index (χ1) is 12.4. The summed E-state index contributed by atoms with van der Waals surface area (Å²) in [5, 5.41) is 2.54. The molecule has 7 heteroatoms. The van der Waals surface area contributed by atoms with Crippen LogP contribution in [0.4, 0.5) is 8.78 Å². The van der Waals surface area contributed by atoms with Crippen molar-refractivity contribution in [2.45, 2.75) is 18.9 Å². The first kappa shape index (κ1) is 19.4. The summed E-state index contributed by atoms with van der Waals surface area (Å²) in [5.74, 6) is -2.02. The van der Waals surface area contributed by atoms with E-state index in [0.717, 1.165) is 23.8 Å². The van der Waals surface area contributed by atoms with Crippen molar-refractivity contribution in [3.63, 3.8) is 0 Å². The third-order valence-corrected chi connectivity index (χ3v) is 3.71. The molecule has 0 saturated carbocycles. The summed E-state index contributed by atoms with van der Waals surface area (Å²) in [6.45, 7) is 0. The van der Waals surface area contributed by atoms with Gasteiger partial charge in [-0.25, -0.2) is 13.6 Å². The fourth-order valence-corrected chi connectivity index (χ4v) is 2.48. The molecule has 26 heavy (non-hydrogen) atoms. The van der Waals surface area contributed by atoms with Crippen LogP contribution in [0.1, 0.15) is 11.1 Å². The topological polar surface area (TPSA) is 64.6 Å². The van der Waals surface area contributed by atoms with Crippen molar-refractivity contribution >= 4 is 11.9 Å². The molecule has 0 radical (unpaired) electrons. The standard InChI is InChI=1S/C19H19F2NO4/c1-25-16-5-3-12(4-6-16)9-17(19(24)26-2)22-18(23)10-13-7-14(20)11-15(21)8-13/h3-8,11,17H,9-10H2,1-2H3,(H,22,23)/t17-/m1/s1. The first-order valence-corrected chi connectivity index (χ1v) is 7.86. The third-order valence-electron chi connectivity index (χ3n) is 3.71. The molecule has 0 fully saturated rings. The van der Waals surface area contributed by atoms with Crippen molar-refractivity contribution in [2.75, 3.05) is 14.2 Å². The van der Waals surface area contributed by atoms with Gasteiger partial charge in [0, 0.05) is 12.5 Å². The van der Waals surface area contributed by atoms with Gasteiger partial charge in [0.15, 0.2) is 0 Å². The van der Waals surface area contributed by atoms with Gasteiger partial charge >= 0.3 is 5.97 Å². The largest absolute Gasteiger partial charge is 0.497 e. The molecule has 1 N–H and O–H groups in total. The summed E-state index contributed by atoms with van der Waals surface area (Å²) >= 11 is 0. The van der Waals surface area contributed by atoms with Gasteiger partial charge in [0.05, 0.1) is 20.6 Å². The number of benzene rings is 2. The lowest BCUT2D eigenvalue weighted by atomic mass is 10.0. The van der Waals surface area contributed by atoms with Crippen LogP contribution in [0.5, 0.6) is 5.75 Å². The zero-order valence-electron chi connectivity index (χ0n) is 14.4. The number of carbonyl (C=O) groups is 2. The monoisotopic (exact) mass is 363 g/mol. The van der Waals surface area contributed by atoms with Crippen LogP contribution in [0.2, 0.25) is 0 Å². The number of methoxy groups -OCH3 is 2. The molecule has 2 rings (SSSR count). The van der Waals surface area contributed by atoms with Gasteiger partial charge in [-0.2, -0.15) is 0 Å². The molecule has 0 spiro atoms. The van der Waals surface area contributed by atoms with Crippen LogP contribution in [0.25, 0.3) is 0 Å². The minimum atomic E-state index is -0.917. The maximum atomic E-state index is 13.2. The fourth-order valence-electron chi connectivity index (χ4n) is 2.48. The number of nitrogens with one attached hydrogen (secondary N) is 1. The molecule has 0 heterocycles. The van der Waals surface area contributed by atoms with E-state index in [1.165, 1.54) is 7.11 Å². The molecule has 0 aliphatic heterocycles. The van der Waals surface area contributed by atoms with E-state index >= 15 is 0 Å². The molecule has 1 atom stereocenters. The highest BCUT2D eigenvalue weighted by Gasteiger charge is 2.22. The lowest BCUT2D eigenvalue weighted by Gasteiger charge is -2.17. The van der Waals surface area contributed by atoms with Crippen LogP contribution in [0.15, 0.2) is 42.5 Å². The van der Waals surface area contributed by atoms with Crippen LogP contribution in [0.3, 0.4) is 0 Å². The number of halogens is 2. The molecule has 0 aromatic heterocycles. The van der Waals surface area contributed by atoms with Crippen LogP contribution in [-0.2, 0) is 27.2 Å². The van der Waals surface area contributed by atoms with Crippen molar-refractivity contribution in [1.82, 2.24) is 5.32 Å². The van der Waals surface area contributed by atoms with Crippen molar-refractivity contribution in [1.29, 1.82) is 0 Å². The molecule has 0 bridgehead atoms. The molecule has 0 saturated heterocycles. The van der Waals surface area contributed by atoms with E-state index in [1.54, 1.807) is 31.4 Å². The Hall–Kier alpha value is -2.96. The third kappa shape index (κ3) is 5.54. The Balaban J connectivity index is 2.06. The zero-order valence-corrected chi connectivity index (χ0v) is 14.4. The Morgan fingerprint density at radius 2 is 1.62 bits per heavy atom. The highest BCUT2D eigenvalue weighted by molar-refractivity contribution is 5.85. The summed E-state index contributed by atoms with van der Waals surface area (Å²) in [6.07, 6.45) is -0.0509. The second-order valence-corrected chi connectivity index (χ2v) is 5.65. The SMILES string of the molecule is COC(=O)[C@@H](Cc1ccc(OC)cc1)NC(=O)Cc1cc(F)cc(F)c1. The van der Waals surface area contributed by atoms with E-state index in [9.17, 15) is 18.4 Å². The minimum Gasteiger partial charge on any atom is -0.497 e. The van der Waals surface area contributed by atoms with E-state index < -0.39 is 29.6 Å². The lowest BCUT2D eigenvalue weighted by molar-refractivity contribution is -0.145. The number of hydrogen-bond acceptors (Lipinski definition) is 4. The molecule has 138 valence electrons. The molecule has 1 amide bonds. The normalized spacial score (nSPS) is 11.5. The van der Waals surface area contributed by atoms with Gasteiger partial charge < -0.3 is 14.8 Å². The smallest absolute Gasteiger partial charge is 0.328 e. The predicted octanol–water partition coefficient (Wildman–Crippen LogP) is 2.42. The second-order valence-electron chi connectivity index (χ2n) is 5.65. The van der Waals surface area contributed by atoms with Crippen molar-refractivity contribution in [3.8, 4) is 5.75 Å². The summed E-state index contributed by atoms with van der Waals surface area (Å²) in [5.41, 5.74) is 0.964. The Morgan fingerprint density at radius 1 is 1.00 bits per heavy atom. The summed E-state index contributed by atoms with van der Waals surface area (Å²) in [4.78, 5) is 24.1. The van der Waals surface area contributed by atoms with Gasteiger partial charge in [-0.15, -0.1) is 0 Å². The van der Waals surface area contributed by atoms with E-state index in [-0.39, 0.29) is 18.4 Å². The van der Waals surface area contributed by atoms with Gasteiger partial charge in [0.25, 0.3) is 0 Å². The van der Waals surface area contributed by atoms with Crippen LogP contribution in [-0.4, -0.2) is 32.1 Å². The zero-order chi connectivity index (χ0) is 19.1. The number of esters is 1. The highest BCUT2D eigenvalue weighted by Crippen LogP contribution is 2.14. The quantitative estimate of drug-likeness (QED) is 0.768. The predicted molar refractivity (Wildman–Crippen MR) is 90.7 cm³/mol. The molecule has 0 aliphatic rings. The molecule has 0 unspecified atom stereocenters. The Kier molecular flexibility index (Phi) is 6.66. The average molecular weight is 363 g/mol. The lowest BCUT2D eigenvalue weighted by Crippen LogP contribution is -2.43. The fraction of sp³-hybridized carbons (Fsp3) is 0.263. The average Bonchev–Trinajstić information content (AvgIpc) is 2.60. The van der Waals surface area contributed by atoms with Gasteiger partial charge in [0.2, 0.25) is 5.91 Å². The van der Waals surface area contributed by atoms with Crippen molar-refractivity contribution in [2.24, 2.45) is 0 Å². The number of amides is 1. The summed E-state index contributed by atoms with van der Waals surface area (Å²) in [7, 11) is 2.76. The number of hydrogen-bond donors (Lipinski definition) is 1. The van der Waals surface area contributed by atoms with Gasteiger partial charge in [-0.05, 0) is 35.4 Å². The summed E-state index contributed by atoms with van der Waals surface area (Å²) in [6, 6.07) is 8.95. The number of rotatable bonds is 7. The maximum Gasteiger partial charge on any atom is 0.328 e. The van der Waals surface area contributed by atoms with E-state index in [0.29, 0.717) is 5.75 Å². The number of carbonyl (C=O) groups excluding carboxylic acids is 2. The van der Waals surface area contributed by atoms with Gasteiger partial charge in [-0.3, -0.25) is 4.79 Å². The molecule has 2 aromatic rings. The van der Waals surface area contributed by atoms with Crippen LogP contribution >= 0.6 is 0 Å². The molecule has 2 aromatic carbocycles. The van der Waals surface area contributed by atoms with E-state index in [1.807, 2.05) is 0 Å². The Bertz CT molecular complexity index is 757. The Morgan fingerprint density at radius 3 is 2.15 bits per heavy atom. The molecule has 5 nitrogen and oxygen atoms in total. The molecule has 0 aliphatic carbocycles. The highest BCUT2D eigenvalue weighted by atomic mass is 19.1. The minimum absolute atomic E-state index is 0.174. The van der Waals surface area contributed by atoms with E-state index in [2.05, 4.69) is 5.32 Å². The molecular weight excluding hydrogens is 344 g/mol. The van der Waals surface area contributed by atoms with Gasteiger partial charge in [0.1, 0.15) is 23.4 Å². The summed E-state index contributed by atoms with van der Waals surface area (Å²) < 4.78 is 36.2. The van der Waals surface area contributed by atoms with Crippen LogP contribution in [0, 0.1) is 11.6 Å². The van der Waals surface area contributed by atoms with Crippen LogP contribution < -0.4 is 10.1 Å². The molecular formula is C19H19F2NO4. The number of ether oxygens (including phenoxy) is 2. The maximum absolute atomic E-state index is 13.2. The van der Waals surface area contributed by atoms with Gasteiger partial charge in [-0.1, -0.05) is 12.1 Å². The second kappa shape index (κ2) is 8.94. The van der Waals surface area contributed by atoms with Crippen molar-refractivity contribution < 1.29 is 27.8 Å². The van der Waals surface area contributed by atoms with Crippen molar-refractivity contribution in [3.05, 3.63) is 65.2 Å². The first-order valence-electron chi connectivity index (χ1n) is 7.86.